The van der Waals surface area contributed by atoms with Gasteiger partial charge in [-0.15, -0.1) is 0 Å². The topological polar surface area (TPSA) is 100 Å². The van der Waals surface area contributed by atoms with Crippen LogP contribution in [0.15, 0.2) is 47.6 Å². The summed E-state index contributed by atoms with van der Waals surface area (Å²) in [6.45, 7) is 2.04. The Kier molecular flexibility index (Phi) is 5.30. The fraction of sp³-hybridized carbons (Fsp3) is 0.200. The van der Waals surface area contributed by atoms with Gasteiger partial charge in [0.25, 0.3) is 0 Å². The van der Waals surface area contributed by atoms with Crippen molar-refractivity contribution in [1.82, 2.24) is 15.0 Å². The molecular formula is C15H18N4O3S. The molecule has 0 radical (unpaired) electrons. The molecule has 7 nitrogen and oxygen atoms in total. The van der Waals surface area contributed by atoms with E-state index in [2.05, 4.69) is 20.3 Å². The quantitative estimate of drug-likeness (QED) is 0.773. The molecule has 2 amide bonds. The molecule has 1 aromatic carbocycles. The average molecular weight is 334 g/mol. The van der Waals surface area contributed by atoms with E-state index in [1.54, 1.807) is 43.6 Å². The smallest absolute Gasteiger partial charge is 0.319 e. The zero-order chi connectivity index (χ0) is 16.9. The lowest BCUT2D eigenvalue weighted by Crippen LogP contribution is -2.28. The molecule has 1 aromatic heterocycles. The lowest BCUT2D eigenvalue weighted by molar-refractivity contribution is 0.251. The molecule has 0 atom stereocenters. The zero-order valence-electron chi connectivity index (χ0n) is 12.8. The number of rotatable bonds is 5. The molecule has 0 aliphatic heterocycles. The molecule has 122 valence electrons. The molecule has 1 heterocycles. The molecule has 8 heteroatoms. The number of benzene rings is 1. The number of aromatic nitrogens is 1. The number of carbonyl (C=O) groups excluding carboxylic acids is 1. The Hall–Kier alpha value is -2.45. The van der Waals surface area contributed by atoms with Crippen molar-refractivity contribution in [2.45, 2.75) is 18.4 Å². The maximum absolute atomic E-state index is 11.9. The van der Waals surface area contributed by atoms with E-state index in [9.17, 15) is 13.2 Å². The van der Waals surface area contributed by atoms with Gasteiger partial charge in [-0.3, -0.25) is 4.98 Å². The van der Waals surface area contributed by atoms with E-state index in [1.165, 1.54) is 13.1 Å². The van der Waals surface area contributed by atoms with Crippen LogP contribution in [0.5, 0.6) is 0 Å². The van der Waals surface area contributed by atoms with Gasteiger partial charge in [0.2, 0.25) is 10.0 Å². The first kappa shape index (κ1) is 16.9. The predicted octanol–water partition coefficient (Wildman–Crippen LogP) is 1.62. The fourth-order valence-corrected chi connectivity index (χ4v) is 2.93. The highest BCUT2D eigenvalue weighted by Gasteiger charge is 2.15. The number of pyridine rings is 1. The third kappa shape index (κ3) is 4.51. The molecule has 2 aromatic rings. The van der Waals surface area contributed by atoms with Gasteiger partial charge in [0.1, 0.15) is 0 Å². The second kappa shape index (κ2) is 7.21. The zero-order valence-corrected chi connectivity index (χ0v) is 13.6. The van der Waals surface area contributed by atoms with Gasteiger partial charge in [-0.25, -0.2) is 17.9 Å². The highest BCUT2D eigenvalue weighted by molar-refractivity contribution is 7.89. The van der Waals surface area contributed by atoms with Gasteiger partial charge in [-0.2, -0.15) is 0 Å². The summed E-state index contributed by atoms with van der Waals surface area (Å²) in [6, 6.07) is 7.89. The first-order valence-corrected chi connectivity index (χ1v) is 8.38. The highest BCUT2D eigenvalue weighted by Crippen LogP contribution is 2.19. The SMILES string of the molecule is CNS(=O)(=O)c1cc(NC(=O)NCc2ccncc2)ccc1C. The number of sulfonamides is 1. The average Bonchev–Trinajstić information content (AvgIpc) is 2.55. The second-order valence-electron chi connectivity index (χ2n) is 4.85. The lowest BCUT2D eigenvalue weighted by Gasteiger charge is -2.11. The monoisotopic (exact) mass is 334 g/mol. The summed E-state index contributed by atoms with van der Waals surface area (Å²) in [5.41, 5.74) is 1.91. The first-order valence-electron chi connectivity index (χ1n) is 6.90. The Morgan fingerprint density at radius 2 is 1.87 bits per heavy atom. The van der Waals surface area contributed by atoms with Crippen LogP contribution in [0, 0.1) is 6.92 Å². The minimum atomic E-state index is -3.57. The summed E-state index contributed by atoms with van der Waals surface area (Å²) < 4.78 is 26.1. The number of nitrogens with one attached hydrogen (secondary N) is 3. The van der Waals surface area contributed by atoms with Crippen LogP contribution < -0.4 is 15.4 Å². The number of urea groups is 1. The Bertz CT molecular complexity index is 792. The van der Waals surface area contributed by atoms with Gasteiger partial charge in [-0.1, -0.05) is 6.07 Å². The van der Waals surface area contributed by atoms with Crippen LogP contribution in [-0.2, 0) is 16.6 Å². The number of hydrogen-bond acceptors (Lipinski definition) is 4. The Morgan fingerprint density at radius 1 is 1.17 bits per heavy atom. The maximum atomic E-state index is 11.9. The molecule has 0 saturated heterocycles. The van der Waals surface area contributed by atoms with E-state index in [4.69, 9.17) is 0 Å². The van der Waals surface area contributed by atoms with Gasteiger partial charge >= 0.3 is 6.03 Å². The molecule has 0 bridgehead atoms. The summed E-state index contributed by atoms with van der Waals surface area (Å²) in [5, 5.41) is 5.31. The van der Waals surface area contributed by atoms with Crippen molar-refractivity contribution in [3.05, 3.63) is 53.9 Å². The molecule has 0 unspecified atom stereocenters. The Labute approximate surface area is 135 Å². The van der Waals surface area contributed by atoms with Crippen LogP contribution in [0.4, 0.5) is 10.5 Å². The largest absolute Gasteiger partial charge is 0.334 e. The number of nitrogens with zero attached hydrogens (tertiary/aromatic N) is 1. The number of hydrogen-bond donors (Lipinski definition) is 3. The summed E-state index contributed by atoms with van der Waals surface area (Å²) in [7, 11) is -2.23. The maximum Gasteiger partial charge on any atom is 0.319 e. The molecular weight excluding hydrogens is 316 g/mol. The molecule has 3 N–H and O–H groups in total. The lowest BCUT2D eigenvalue weighted by atomic mass is 10.2. The van der Waals surface area contributed by atoms with Crippen LogP contribution in [-0.4, -0.2) is 26.5 Å². The normalized spacial score (nSPS) is 11.0. The highest BCUT2D eigenvalue weighted by atomic mass is 32.2. The van der Waals surface area contributed by atoms with Gasteiger partial charge < -0.3 is 10.6 Å². The van der Waals surface area contributed by atoms with Crippen molar-refractivity contribution in [2.24, 2.45) is 0 Å². The molecule has 23 heavy (non-hydrogen) atoms. The molecule has 0 aliphatic rings. The van der Waals surface area contributed by atoms with Crippen LogP contribution in [0.3, 0.4) is 0 Å². The van der Waals surface area contributed by atoms with Crippen LogP contribution in [0.1, 0.15) is 11.1 Å². The Morgan fingerprint density at radius 3 is 2.52 bits per heavy atom. The van der Waals surface area contributed by atoms with Crippen molar-refractivity contribution in [1.29, 1.82) is 0 Å². The number of aryl methyl sites for hydroxylation is 1. The fourth-order valence-electron chi connectivity index (χ4n) is 1.94. The number of anilines is 1. The van der Waals surface area contributed by atoms with Gasteiger partial charge in [0, 0.05) is 24.6 Å². The van der Waals surface area contributed by atoms with Gasteiger partial charge in [0.15, 0.2) is 0 Å². The first-order chi connectivity index (χ1) is 10.9. The standard InChI is InChI=1S/C15H18N4O3S/c1-11-3-4-13(9-14(11)23(21,22)16-2)19-15(20)18-10-12-5-7-17-8-6-12/h3-9,16H,10H2,1-2H3,(H2,18,19,20). The Balaban J connectivity index is 2.05. The van der Waals surface area contributed by atoms with E-state index in [-0.39, 0.29) is 4.90 Å². The molecule has 0 spiro atoms. The van der Waals surface area contributed by atoms with E-state index in [1.807, 2.05) is 0 Å². The minimum Gasteiger partial charge on any atom is -0.334 e. The van der Waals surface area contributed by atoms with Crippen molar-refractivity contribution in [3.8, 4) is 0 Å². The summed E-state index contributed by atoms with van der Waals surface area (Å²) in [5.74, 6) is 0. The van der Waals surface area contributed by atoms with Crippen molar-refractivity contribution >= 4 is 21.7 Å². The summed E-state index contributed by atoms with van der Waals surface area (Å²) >= 11 is 0. The minimum absolute atomic E-state index is 0.131. The predicted molar refractivity (Wildman–Crippen MR) is 87.5 cm³/mol. The van der Waals surface area contributed by atoms with Crippen molar-refractivity contribution in [3.63, 3.8) is 0 Å². The van der Waals surface area contributed by atoms with Gasteiger partial charge in [-0.05, 0) is 49.4 Å². The summed E-state index contributed by atoms with van der Waals surface area (Å²) in [6.07, 6.45) is 3.29. The van der Waals surface area contributed by atoms with E-state index in [0.29, 0.717) is 17.8 Å². The van der Waals surface area contributed by atoms with Gasteiger partial charge in [0.05, 0.1) is 4.90 Å². The van der Waals surface area contributed by atoms with E-state index >= 15 is 0 Å². The van der Waals surface area contributed by atoms with Crippen molar-refractivity contribution in [2.75, 3.05) is 12.4 Å². The molecule has 0 fully saturated rings. The number of carbonyl (C=O) groups is 1. The van der Waals surface area contributed by atoms with E-state index < -0.39 is 16.1 Å². The van der Waals surface area contributed by atoms with Crippen LogP contribution in [0.2, 0.25) is 0 Å². The van der Waals surface area contributed by atoms with E-state index in [0.717, 1.165) is 5.56 Å². The number of amides is 2. The molecule has 0 aliphatic carbocycles. The van der Waals surface area contributed by atoms with Crippen molar-refractivity contribution < 1.29 is 13.2 Å². The third-order valence-corrected chi connectivity index (χ3v) is 4.76. The second-order valence-corrected chi connectivity index (χ2v) is 6.71. The van der Waals surface area contributed by atoms with Crippen LogP contribution >= 0.6 is 0 Å². The molecule has 2 rings (SSSR count). The van der Waals surface area contributed by atoms with Crippen LogP contribution in [0.25, 0.3) is 0 Å². The third-order valence-electron chi connectivity index (χ3n) is 3.21. The molecule has 0 saturated carbocycles. The summed E-state index contributed by atoms with van der Waals surface area (Å²) in [4.78, 5) is 15.9.